The molecular weight excluding hydrogens is 697 g/mol. The molecular formula is C53H54N2S. The van der Waals surface area contributed by atoms with Gasteiger partial charge in [-0.25, -0.2) is 10.0 Å². The number of benzene rings is 4. The third kappa shape index (κ3) is 4.70. The number of rotatable bonds is 4. The van der Waals surface area contributed by atoms with Crippen molar-refractivity contribution in [2.24, 2.45) is 11.8 Å². The first-order valence-corrected chi connectivity index (χ1v) is 23.6. The third-order valence-electron chi connectivity index (χ3n) is 15.5. The Bertz CT molecular complexity index is 2500. The van der Waals surface area contributed by atoms with E-state index in [2.05, 4.69) is 152 Å². The summed E-state index contributed by atoms with van der Waals surface area (Å²) < 4.78 is 0.205. The minimum absolute atomic E-state index is 0.0612. The number of hydrogen-bond donors (Lipinski definition) is 0. The topological polar surface area (TPSA) is 6.48 Å². The zero-order valence-electron chi connectivity index (χ0n) is 33.4. The Morgan fingerprint density at radius 2 is 1.48 bits per heavy atom. The van der Waals surface area contributed by atoms with Crippen LogP contribution in [0.4, 0.5) is 11.4 Å². The fourth-order valence-corrected chi connectivity index (χ4v) is 17.7. The van der Waals surface area contributed by atoms with Crippen molar-refractivity contribution in [2.75, 3.05) is 29.5 Å². The second-order valence-corrected chi connectivity index (χ2v) is 22.7. The summed E-state index contributed by atoms with van der Waals surface area (Å²) >= 11 is 0. The SMILES string of the molecule is CC1(C)c2cc(/C=C/c3ccc4c(c3)C3C=C(N5CCCC6=C5C5C[C@@H]5C=C6)C=CC3(C)S43CCCC3)ccc2-c2ccc(N3CCCc4ccccc43)cc21. The highest BCUT2D eigenvalue weighted by molar-refractivity contribution is 8.35. The fourth-order valence-electron chi connectivity index (χ4n) is 12.4. The van der Waals surface area contributed by atoms with Crippen LogP contribution in [-0.2, 0) is 11.8 Å². The van der Waals surface area contributed by atoms with Gasteiger partial charge >= 0.3 is 0 Å². The first-order chi connectivity index (χ1) is 27.3. The van der Waals surface area contributed by atoms with Crippen LogP contribution < -0.4 is 4.90 Å². The summed E-state index contributed by atoms with van der Waals surface area (Å²) in [6, 6.07) is 31.0. The molecule has 0 amide bonds. The molecule has 12 rings (SSSR count). The van der Waals surface area contributed by atoms with Gasteiger partial charge in [-0.1, -0.05) is 105 Å². The van der Waals surface area contributed by atoms with Gasteiger partial charge in [0.15, 0.2) is 0 Å². The molecule has 8 aliphatic rings. The summed E-state index contributed by atoms with van der Waals surface area (Å²) in [7, 11) is -0.921. The van der Waals surface area contributed by atoms with E-state index in [-0.39, 0.29) is 10.2 Å². The monoisotopic (exact) mass is 750 g/mol. The molecule has 3 unspecified atom stereocenters. The molecule has 3 heteroatoms. The van der Waals surface area contributed by atoms with Crippen LogP contribution >= 0.6 is 10.0 Å². The molecule has 282 valence electrons. The number of anilines is 2. The van der Waals surface area contributed by atoms with Crippen molar-refractivity contribution in [3.05, 3.63) is 160 Å². The highest BCUT2D eigenvalue weighted by atomic mass is 32.3. The molecule has 1 spiro atoms. The quantitative estimate of drug-likeness (QED) is 0.192. The summed E-state index contributed by atoms with van der Waals surface area (Å²) in [5.74, 6) is 4.77. The Hall–Kier alpha value is -4.47. The summed E-state index contributed by atoms with van der Waals surface area (Å²) in [5.41, 5.74) is 18.7. The lowest BCUT2D eigenvalue weighted by atomic mass is 9.81. The molecule has 56 heavy (non-hydrogen) atoms. The number of aryl methyl sites for hydroxylation is 1. The molecule has 1 saturated carbocycles. The van der Waals surface area contributed by atoms with Gasteiger partial charge in [0.2, 0.25) is 0 Å². The van der Waals surface area contributed by atoms with Crippen molar-refractivity contribution in [3.8, 4) is 11.1 Å². The second kappa shape index (κ2) is 12.0. The molecule has 0 N–H and O–H groups in total. The first kappa shape index (κ1) is 33.6. The van der Waals surface area contributed by atoms with Gasteiger partial charge in [0.05, 0.1) is 0 Å². The van der Waals surface area contributed by atoms with Crippen LogP contribution in [-0.4, -0.2) is 34.2 Å². The lowest BCUT2D eigenvalue weighted by Crippen LogP contribution is -2.36. The predicted molar refractivity (Wildman–Crippen MR) is 238 cm³/mol. The predicted octanol–water partition coefficient (Wildman–Crippen LogP) is 13.1. The molecule has 4 heterocycles. The van der Waals surface area contributed by atoms with Gasteiger partial charge in [-0.15, -0.1) is 0 Å². The Morgan fingerprint density at radius 1 is 0.732 bits per heavy atom. The van der Waals surface area contributed by atoms with E-state index in [1.807, 2.05) is 0 Å². The third-order valence-corrected chi connectivity index (χ3v) is 20.7. The molecule has 4 aromatic rings. The largest absolute Gasteiger partial charge is 0.345 e. The van der Waals surface area contributed by atoms with Gasteiger partial charge in [-0.05, 0) is 155 Å². The number of allylic oxidation sites excluding steroid dienone is 6. The van der Waals surface area contributed by atoms with Crippen molar-refractivity contribution >= 4 is 33.6 Å². The highest BCUT2D eigenvalue weighted by Gasteiger charge is 2.57. The average molecular weight is 751 g/mol. The van der Waals surface area contributed by atoms with E-state index in [0.29, 0.717) is 5.92 Å². The molecule has 1 saturated heterocycles. The number of nitrogens with zero attached hydrogens (tertiary/aromatic N) is 2. The maximum atomic E-state index is 2.75. The van der Waals surface area contributed by atoms with E-state index >= 15 is 0 Å². The van der Waals surface area contributed by atoms with Gasteiger partial charge in [0, 0.05) is 57.9 Å². The second-order valence-electron chi connectivity index (χ2n) is 18.8. The smallest absolute Gasteiger partial charge is 0.0443 e. The number of hydrogen-bond acceptors (Lipinski definition) is 2. The summed E-state index contributed by atoms with van der Waals surface area (Å²) in [6.45, 7) is 9.73. The molecule has 0 bridgehead atoms. The van der Waals surface area contributed by atoms with Gasteiger partial charge in [-0.3, -0.25) is 0 Å². The first-order valence-electron chi connectivity index (χ1n) is 21.7. The van der Waals surface area contributed by atoms with Crippen LogP contribution in [0.3, 0.4) is 0 Å². The van der Waals surface area contributed by atoms with Gasteiger partial charge in [-0.2, -0.15) is 0 Å². The zero-order valence-corrected chi connectivity index (χ0v) is 34.2. The molecule has 4 atom stereocenters. The minimum Gasteiger partial charge on any atom is -0.345 e. The van der Waals surface area contributed by atoms with Crippen molar-refractivity contribution in [2.45, 2.75) is 86.7 Å². The maximum Gasteiger partial charge on any atom is 0.0443 e. The highest BCUT2D eigenvalue weighted by Crippen LogP contribution is 2.79. The normalized spacial score (nSPS) is 28.7. The minimum atomic E-state index is -0.921. The van der Waals surface area contributed by atoms with Crippen molar-refractivity contribution in [1.82, 2.24) is 4.90 Å². The van der Waals surface area contributed by atoms with Crippen LogP contribution in [0.2, 0.25) is 0 Å². The standard InChI is InChI=1S/C53H54N2S/c1-52(2)46-31-36(16-21-42(46)43-22-20-40(33-47(43)52)54-26-8-11-37-10-4-5-13-49(37)54)15-14-35-17-23-50-45(30-35)48-34-41(24-25-53(48,3)56(50)28-6-7-29-56)55-27-9-12-38-18-19-39-32-44(39)51(38)55/h4-5,10,13-25,30-31,33-34,39,44,48H,6-9,11-12,26-29,32H2,1-3H3/b15-14+/t39-,44?,48?,53?/m0/s1. The van der Waals surface area contributed by atoms with E-state index in [9.17, 15) is 0 Å². The molecule has 2 fully saturated rings. The fraction of sp³-hybridized carbons (Fsp3) is 0.358. The van der Waals surface area contributed by atoms with E-state index in [4.69, 9.17) is 0 Å². The number of fused-ring (bicyclic) bond motifs is 11. The van der Waals surface area contributed by atoms with E-state index in [1.54, 1.807) is 21.7 Å². The molecule has 4 aromatic carbocycles. The Morgan fingerprint density at radius 3 is 2.36 bits per heavy atom. The van der Waals surface area contributed by atoms with Crippen LogP contribution in [0.15, 0.2) is 131 Å². The van der Waals surface area contributed by atoms with Gasteiger partial charge in [0.1, 0.15) is 0 Å². The Balaban J connectivity index is 0.865. The van der Waals surface area contributed by atoms with Gasteiger partial charge in [0.25, 0.3) is 0 Å². The maximum absolute atomic E-state index is 2.75. The molecule has 2 nitrogen and oxygen atoms in total. The van der Waals surface area contributed by atoms with Crippen LogP contribution in [0, 0.1) is 11.8 Å². The molecule has 4 aliphatic heterocycles. The molecule has 4 aliphatic carbocycles. The molecule has 0 aromatic heterocycles. The van der Waals surface area contributed by atoms with E-state index < -0.39 is 10.0 Å². The molecule has 0 radical (unpaired) electrons. The average Bonchev–Trinajstić information content (AvgIpc) is 3.72. The van der Waals surface area contributed by atoms with Crippen LogP contribution in [0.25, 0.3) is 23.3 Å². The van der Waals surface area contributed by atoms with E-state index in [0.717, 1.165) is 18.4 Å². The Labute approximate surface area is 335 Å². The number of para-hydroxylation sites is 1. The Kier molecular flexibility index (Phi) is 7.23. The lowest BCUT2D eigenvalue weighted by Gasteiger charge is -2.49. The van der Waals surface area contributed by atoms with Crippen molar-refractivity contribution < 1.29 is 0 Å². The summed E-state index contributed by atoms with van der Waals surface area (Å²) in [4.78, 5) is 7.01. The summed E-state index contributed by atoms with van der Waals surface area (Å²) in [6.07, 6.45) is 26.7. The van der Waals surface area contributed by atoms with Crippen molar-refractivity contribution in [3.63, 3.8) is 0 Å². The summed E-state index contributed by atoms with van der Waals surface area (Å²) in [5, 5.41) is 0. The van der Waals surface area contributed by atoms with Gasteiger partial charge < -0.3 is 9.80 Å². The van der Waals surface area contributed by atoms with E-state index in [1.165, 1.54) is 119 Å². The van der Waals surface area contributed by atoms with Crippen LogP contribution in [0.1, 0.15) is 98.6 Å². The van der Waals surface area contributed by atoms with Crippen molar-refractivity contribution in [1.29, 1.82) is 0 Å². The zero-order chi connectivity index (χ0) is 37.4. The lowest BCUT2D eigenvalue weighted by molar-refractivity contribution is 0.368. The van der Waals surface area contributed by atoms with Crippen LogP contribution in [0.5, 0.6) is 0 Å².